The number of carbonyl (C=O) groups excluding carboxylic acids is 2. The standard InChI is InChI=1S/C28H27NO4/c1-18-9-13-22(17-19(18)2)29-26(21-11-14-23(33-3)15-12-21)25(27(31)28(29)32)24(30)16-10-20-7-5-4-6-8-20/h4-9,11-15,17,26,31H,10,16H2,1-3H3. The van der Waals surface area contributed by atoms with Crippen molar-refractivity contribution in [1.82, 2.24) is 0 Å². The Morgan fingerprint density at radius 2 is 1.67 bits per heavy atom. The first-order valence-corrected chi connectivity index (χ1v) is 11.0. The number of Topliss-reactive ketones (excluding diaryl/α,β-unsaturated/α-hetero) is 1. The highest BCUT2D eigenvalue weighted by Gasteiger charge is 2.44. The number of aryl methyl sites for hydroxylation is 3. The molecule has 1 unspecified atom stereocenters. The lowest BCUT2D eigenvalue weighted by Crippen LogP contribution is -2.31. The Kier molecular flexibility index (Phi) is 6.31. The summed E-state index contributed by atoms with van der Waals surface area (Å²) in [5.41, 5.74) is 4.66. The number of rotatable bonds is 7. The summed E-state index contributed by atoms with van der Waals surface area (Å²) in [6, 6.07) is 21.9. The minimum atomic E-state index is -0.714. The van der Waals surface area contributed by atoms with Crippen molar-refractivity contribution in [3.63, 3.8) is 0 Å². The van der Waals surface area contributed by atoms with Gasteiger partial charge < -0.3 is 9.84 Å². The molecule has 0 aromatic heterocycles. The molecule has 0 fully saturated rings. The van der Waals surface area contributed by atoms with Crippen molar-refractivity contribution in [3.8, 4) is 5.75 Å². The van der Waals surface area contributed by atoms with Crippen molar-refractivity contribution in [3.05, 3.63) is 106 Å². The van der Waals surface area contributed by atoms with E-state index in [0.717, 1.165) is 22.3 Å². The molecule has 4 rings (SSSR count). The lowest BCUT2D eigenvalue weighted by Gasteiger charge is -2.27. The molecule has 0 saturated heterocycles. The molecule has 0 radical (unpaired) electrons. The van der Waals surface area contributed by atoms with Gasteiger partial charge in [0.05, 0.1) is 18.7 Å². The maximum atomic E-state index is 13.4. The number of methoxy groups -OCH3 is 1. The zero-order valence-electron chi connectivity index (χ0n) is 19.0. The summed E-state index contributed by atoms with van der Waals surface area (Å²) in [6.45, 7) is 3.97. The summed E-state index contributed by atoms with van der Waals surface area (Å²) in [5.74, 6) is -0.614. The number of carbonyl (C=O) groups is 2. The van der Waals surface area contributed by atoms with Gasteiger partial charge in [0, 0.05) is 12.1 Å². The minimum Gasteiger partial charge on any atom is -0.503 e. The van der Waals surface area contributed by atoms with Gasteiger partial charge in [0.15, 0.2) is 11.5 Å². The predicted molar refractivity (Wildman–Crippen MR) is 129 cm³/mol. The Balaban J connectivity index is 1.74. The SMILES string of the molecule is COc1ccc(C2C(C(=O)CCc3ccccc3)=C(O)C(=O)N2c2ccc(C)c(C)c2)cc1. The number of hydrogen-bond donors (Lipinski definition) is 1. The van der Waals surface area contributed by atoms with Crippen molar-refractivity contribution in [1.29, 1.82) is 0 Å². The van der Waals surface area contributed by atoms with Crippen LogP contribution in [0.25, 0.3) is 0 Å². The fourth-order valence-electron chi connectivity index (χ4n) is 4.17. The van der Waals surface area contributed by atoms with Crippen LogP contribution in [0.3, 0.4) is 0 Å². The second kappa shape index (κ2) is 9.33. The smallest absolute Gasteiger partial charge is 0.294 e. The molecule has 33 heavy (non-hydrogen) atoms. The molecular formula is C28H27NO4. The average molecular weight is 442 g/mol. The molecule has 1 aliphatic rings. The maximum absolute atomic E-state index is 13.4. The summed E-state index contributed by atoms with van der Waals surface area (Å²) < 4.78 is 5.27. The molecular weight excluding hydrogens is 414 g/mol. The van der Waals surface area contributed by atoms with Crippen molar-refractivity contribution >= 4 is 17.4 Å². The summed E-state index contributed by atoms with van der Waals surface area (Å²) in [7, 11) is 1.58. The van der Waals surface area contributed by atoms with Crippen LogP contribution in [-0.4, -0.2) is 23.9 Å². The maximum Gasteiger partial charge on any atom is 0.294 e. The van der Waals surface area contributed by atoms with Gasteiger partial charge >= 0.3 is 0 Å². The highest BCUT2D eigenvalue weighted by atomic mass is 16.5. The first kappa shape index (κ1) is 22.3. The molecule has 1 N–H and O–H groups in total. The Bertz CT molecular complexity index is 1210. The zero-order valence-corrected chi connectivity index (χ0v) is 19.0. The molecule has 0 spiro atoms. The van der Waals surface area contributed by atoms with Gasteiger partial charge in [-0.2, -0.15) is 0 Å². The number of ketones is 1. The average Bonchev–Trinajstić information content (AvgIpc) is 3.10. The predicted octanol–water partition coefficient (Wildman–Crippen LogP) is 5.41. The highest BCUT2D eigenvalue weighted by Crippen LogP contribution is 2.42. The molecule has 168 valence electrons. The van der Waals surface area contributed by atoms with E-state index in [1.165, 1.54) is 4.90 Å². The van der Waals surface area contributed by atoms with Crippen LogP contribution < -0.4 is 9.64 Å². The Morgan fingerprint density at radius 1 is 0.970 bits per heavy atom. The van der Waals surface area contributed by atoms with Crippen LogP contribution in [0.4, 0.5) is 5.69 Å². The first-order chi connectivity index (χ1) is 15.9. The van der Waals surface area contributed by atoms with E-state index in [2.05, 4.69) is 0 Å². The number of amides is 1. The fraction of sp³-hybridized carbons (Fsp3) is 0.214. The van der Waals surface area contributed by atoms with E-state index in [4.69, 9.17) is 4.74 Å². The Hall–Kier alpha value is -3.86. The minimum absolute atomic E-state index is 0.138. The normalized spacial score (nSPS) is 15.8. The molecule has 0 aliphatic carbocycles. The molecule has 1 aliphatic heterocycles. The summed E-state index contributed by atoms with van der Waals surface area (Å²) >= 11 is 0. The number of ether oxygens (including phenoxy) is 1. The molecule has 5 heteroatoms. The van der Waals surface area contributed by atoms with Crippen LogP contribution >= 0.6 is 0 Å². The largest absolute Gasteiger partial charge is 0.503 e. The Labute approximate surface area is 193 Å². The third kappa shape index (κ3) is 4.40. The van der Waals surface area contributed by atoms with E-state index in [9.17, 15) is 14.7 Å². The van der Waals surface area contributed by atoms with E-state index in [0.29, 0.717) is 17.9 Å². The second-order valence-corrected chi connectivity index (χ2v) is 8.29. The summed E-state index contributed by atoms with van der Waals surface area (Å²) in [4.78, 5) is 28.1. The number of anilines is 1. The van der Waals surface area contributed by atoms with Crippen molar-refractivity contribution in [2.75, 3.05) is 12.0 Å². The molecule has 1 heterocycles. The lowest BCUT2D eigenvalue weighted by atomic mass is 9.93. The molecule has 5 nitrogen and oxygen atoms in total. The van der Waals surface area contributed by atoms with E-state index < -0.39 is 17.7 Å². The van der Waals surface area contributed by atoms with Gasteiger partial charge in [0.1, 0.15) is 5.75 Å². The van der Waals surface area contributed by atoms with Crippen molar-refractivity contribution < 1.29 is 19.4 Å². The van der Waals surface area contributed by atoms with E-state index in [1.807, 2.05) is 74.5 Å². The van der Waals surface area contributed by atoms with E-state index in [-0.39, 0.29) is 17.8 Å². The molecule has 1 amide bonds. The number of nitrogens with zero attached hydrogens (tertiary/aromatic N) is 1. The molecule has 0 saturated carbocycles. The third-order valence-electron chi connectivity index (χ3n) is 6.19. The van der Waals surface area contributed by atoms with Gasteiger partial charge in [-0.3, -0.25) is 14.5 Å². The van der Waals surface area contributed by atoms with E-state index >= 15 is 0 Å². The first-order valence-electron chi connectivity index (χ1n) is 11.0. The zero-order chi connectivity index (χ0) is 23.5. The summed E-state index contributed by atoms with van der Waals surface area (Å²) in [6.07, 6.45) is 0.730. The van der Waals surface area contributed by atoms with Gasteiger partial charge in [-0.15, -0.1) is 0 Å². The topological polar surface area (TPSA) is 66.8 Å². The monoisotopic (exact) mass is 441 g/mol. The van der Waals surface area contributed by atoms with Crippen molar-refractivity contribution in [2.45, 2.75) is 32.7 Å². The van der Waals surface area contributed by atoms with Crippen LogP contribution in [0.15, 0.2) is 84.1 Å². The summed E-state index contributed by atoms with van der Waals surface area (Å²) in [5, 5.41) is 10.9. The van der Waals surface area contributed by atoms with Gasteiger partial charge in [-0.1, -0.05) is 48.5 Å². The van der Waals surface area contributed by atoms with Gasteiger partial charge in [0.2, 0.25) is 0 Å². The van der Waals surface area contributed by atoms with Gasteiger partial charge in [0.25, 0.3) is 5.91 Å². The number of benzene rings is 3. The van der Waals surface area contributed by atoms with Gasteiger partial charge in [-0.25, -0.2) is 0 Å². The number of aliphatic hydroxyl groups excluding tert-OH is 1. The van der Waals surface area contributed by atoms with Crippen LogP contribution in [-0.2, 0) is 16.0 Å². The third-order valence-corrected chi connectivity index (χ3v) is 6.19. The fourth-order valence-corrected chi connectivity index (χ4v) is 4.17. The van der Waals surface area contributed by atoms with Crippen molar-refractivity contribution in [2.24, 2.45) is 0 Å². The van der Waals surface area contributed by atoms with Crippen LogP contribution in [0.1, 0.15) is 34.7 Å². The van der Waals surface area contributed by atoms with E-state index in [1.54, 1.807) is 19.2 Å². The Morgan fingerprint density at radius 3 is 2.30 bits per heavy atom. The highest BCUT2D eigenvalue weighted by molar-refractivity contribution is 6.16. The number of aliphatic hydroxyl groups is 1. The van der Waals surface area contributed by atoms with Gasteiger partial charge in [-0.05, 0) is 66.8 Å². The van der Waals surface area contributed by atoms with Crippen LogP contribution in [0, 0.1) is 13.8 Å². The van der Waals surface area contributed by atoms with Crippen LogP contribution in [0.5, 0.6) is 5.75 Å². The molecule has 1 atom stereocenters. The quantitative estimate of drug-likeness (QED) is 0.532. The second-order valence-electron chi connectivity index (χ2n) is 8.29. The molecule has 3 aromatic carbocycles. The molecule has 3 aromatic rings. The number of hydrogen-bond acceptors (Lipinski definition) is 4. The molecule has 0 bridgehead atoms. The van der Waals surface area contributed by atoms with Crippen LogP contribution in [0.2, 0.25) is 0 Å². The lowest BCUT2D eigenvalue weighted by molar-refractivity contribution is -0.118.